The fourth-order valence-corrected chi connectivity index (χ4v) is 4.28. The van der Waals surface area contributed by atoms with Crippen molar-refractivity contribution in [3.63, 3.8) is 0 Å². The summed E-state index contributed by atoms with van der Waals surface area (Å²) < 4.78 is 35.0. The molecule has 11 heteroatoms. The van der Waals surface area contributed by atoms with Crippen LogP contribution in [0.1, 0.15) is 38.2 Å². The van der Waals surface area contributed by atoms with Crippen molar-refractivity contribution in [3.05, 3.63) is 81.6 Å². The number of hydrogen-bond donors (Lipinski definition) is 0. The number of fused-ring (bicyclic) bond motifs is 1. The summed E-state index contributed by atoms with van der Waals surface area (Å²) in [4.78, 5) is 28.7. The van der Waals surface area contributed by atoms with Crippen molar-refractivity contribution in [2.75, 3.05) is 26.2 Å². The SMILES string of the molecule is O=C(c1cc(F)ccc1F)N1CCN(C(=O)c2nnn3c2CO[C@@H](c2ccc(Cl)cc2)C3)CC1. The largest absolute Gasteiger partial charge is 0.365 e. The van der Waals surface area contributed by atoms with Gasteiger partial charge in [0.1, 0.15) is 17.7 Å². The van der Waals surface area contributed by atoms with Crippen molar-refractivity contribution < 1.29 is 23.1 Å². The van der Waals surface area contributed by atoms with Crippen LogP contribution in [0.4, 0.5) is 8.78 Å². The molecule has 34 heavy (non-hydrogen) atoms. The summed E-state index contributed by atoms with van der Waals surface area (Å²) in [6, 6.07) is 10.1. The highest BCUT2D eigenvalue weighted by Crippen LogP contribution is 2.28. The molecule has 2 aliphatic heterocycles. The summed E-state index contributed by atoms with van der Waals surface area (Å²) in [5.74, 6) is -2.38. The van der Waals surface area contributed by atoms with E-state index in [1.54, 1.807) is 21.7 Å². The highest BCUT2D eigenvalue weighted by Gasteiger charge is 2.32. The first-order valence-corrected chi connectivity index (χ1v) is 11.1. The second-order valence-corrected chi connectivity index (χ2v) is 8.56. The molecule has 0 spiro atoms. The van der Waals surface area contributed by atoms with Crippen LogP contribution < -0.4 is 0 Å². The monoisotopic (exact) mass is 487 g/mol. The molecule has 1 atom stereocenters. The molecule has 3 aromatic rings. The van der Waals surface area contributed by atoms with Crippen LogP contribution in [0.2, 0.25) is 5.02 Å². The van der Waals surface area contributed by atoms with Gasteiger partial charge in [0.05, 0.1) is 24.4 Å². The van der Waals surface area contributed by atoms with Crippen LogP contribution in [0.5, 0.6) is 0 Å². The van der Waals surface area contributed by atoms with Gasteiger partial charge in [0, 0.05) is 31.2 Å². The summed E-state index contributed by atoms with van der Waals surface area (Å²) in [5.41, 5.74) is 1.44. The Kier molecular flexibility index (Phi) is 6.01. The minimum absolute atomic E-state index is 0.179. The van der Waals surface area contributed by atoms with Crippen LogP contribution in [-0.4, -0.2) is 62.8 Å². The third-order valence-electron chi connectivity index (χ3n) is 6.05. The Morgan fingerprint density at radius 3 is 2.35 bits per heavy atom. The molecule has 1 fully saturated rings. The Bertz CT molecular complexity index is 1240. The molecule has 5 rings (SSSR count). The van der Waals surface area contributed by atoms with E-state index in [0.29, 0.717) is 17.3 Å². The lowest BCUT2D eigenvalue weighted by Crippen LogP contribution is -2.51. The van der Waals surface area contributed by atoms with Crippen molar-refractivity contribution in [2.45, 2.75) is 19.3 Å². The first kappa shape index (κ1) is 22.4. The molecule has 1 saturated heterocycles. The molecule has 3 heterocycles. The van der Waals surface area contributed by atoms with Gasteiger partial charge < -0.3 is 14.5 Å². The number of amides is 2. The van der Waals surface area contributed by atoms with Crippen LogP contribution in [-0.2, 0) is 17.9 Å². The molecule has 1 aromatic heterocycles. The van der Waals surface area contributed by atoms with Crippen LogP contribution in [0.15, 0.2) is 42.5 Å². The number of ether oxygens (including phenoxy) is 1. The zero-order chi connectivity index (χ0) is 23.8. The summed E-state index contributed by atoms with van der Waals surface area (Å²) in [5, 5.41) is 8.86. The zero-order valence-electron chi connectivity index (χ0n) is 18.0. The Hall–Kier alpha value is -3.37. The number of carbonyl (C=O) groups is 2. The van der Waals surface area contributed by atoms with Crippen LogP contribution in [0.3, 0.4) is 0 Å². The predicted octanol–water partition coefficient (Wildman–Crippen LogP) is 3.08. The molecular weight excluding hydrogens is 468 g/mol. The van der Waals surface area contributed by atoms with Crippen molar-refractivity contribution in [1.29, 1.82) is 0 Å². The van der Waals surface area contributed by atoms with Crippen molar-refractivity contribution >= 4 is 23.4 Å². The second kappa shape index (κ2) is 9.11. The number of rotatable bonds is 3. The maximum Gasteiger partial charge on any atom is 0.276 e. The smallest absolute Gasteiger partial charge is 0.276 e. The molecule has 0 unspecified atom stereocenters. The summed E-state index contributed by atoms with van der Waals surface area (Å²) in [6.45, 7) is 1.46. The van der Waals surface area contributed by atoms with Crippen molar-refractivity contribution in [2.24, 2.45) is 0 Å². The molecule has 2 amide bonds. The maximum absolute atomic E-state index is 14.0. The lowest BCUT2D eigenvalue weighted by Gasteiger charge is -2.34. The summed E-state index contributed by atoms with van der Waals surface area (Å²) in [7, 11) is 0. The molecule has 2 aromatic carbocycles. The standard InChI is InChI=1S/C23H20ClF2N5O3/c24-15-3-1-14(2-4-15)20-12-31-19(13-34-20)21(27-28-31)23(33)30-9-7-29(8-10-30)22(32)17-11-16(25)5-6-18(17)26/h1-6,11,20H,7-10,12-13H2/t20-/m1/s1. The van der Waals surface area contributed by atoms with Gasteiger partial charge in [-0.15, -0.1) is 5.10 Å². The van der Waals surface area contributed by atoms with Gasteiger partial charge in [-0.25, -0.2) is 13.5 Å². The van der Waals surface area contributed by atoms with E-state index in [2.05, 4.69) is 10.3 Å². The van der Waals surface area contributed by atoms with E-state index in [0.717, 1.165) is 23.8 Å². The number of piperazine rings is 1. The number of hydrogen-bond acceptors (Lipinski definition) is 5. The van der Waals surface area contributed by atoms with E-state index >= 15 is 0 Å². The second-order valence-electron chi connectivity index (χ2n) is 8.13. The highest BCUT2D eigenvalue weighted by atomic mass is 35.5. The first-order valence-electron chi connectivity index (χ1n) is 10.7. The lowest BCUT2D eigenvalue weighted by molar-refractivity contribution is -0.00202. The number of carbonyl (C=O) groups excluding carboxylic acids is 2. The van der Waals surface area contributed by atoms with E-state index < -0.39 is 17.5 Å². The van der Waals surface area contributed by atoms with Gasteiger partial charge in [0.2, 0.25) is 0 Å². The van der Waals surface area contributed by atoms with Gasteiger partial charge in [-0.05, 0) is 35.9 Å². The molecular formula is C23H20ClF2N5O3. The average Bonchev–Trinajstić information content (AvgIpc) is 3.28. The van der Waals surface area contributed by atoms with Gasteiger partial charge in [0.15, 0.2) is 5.69 Å². The topological polar surface area (TPSA) is 80.6 Å². The summed E-state index contributed by atoms with van der Waals surface area (Å²) in [6.07, 6.45) is -0.229. The molecule has 0 saturated carbocycles. The average molecular weight is 488 g/mol. The Morgan fingerprint density at radius 1 is 0.971 bits per heavy atom. The lowest BCUT2D eigenvalue weighted by atomic mass is 10.1. The Morgan fingerprint density at radius 2 is 1.65 bits per heavy atom. The molecule has 0 aliphatic carbocycles. The fourth-order valence-electron chi connectivity index (χ4n) is 4.15. The van der Waals surface area contributed by atoms with Gasteiger partial charge in [0.25, 0.3) is 11.8 Å². The number of aromatic nitrogens is 3. The predicted molar refractivity (Wildman–Crippen MR) is 117 cm³/mol. The molecule has 0 radical (unpaired) electrons. The molecule has 176 valence electrons. The van der Waals surface area contributed by atoms with Gasteiger partial charge in [-0.3, -0.25) is 9.59 Å². The normalized spacial score (nSPS) is 18.0. The molecule has 0 bridgehead atoms. The van der Waals surface area contributed by atoms with E-state index in [9.17, 15) is 18.4 Å². The highest BCUT2D eigenvalue weighted by molar-refractivity contribution is 6.30. The van der Waals surface area contributed by atoms with Crippen LogP contribution >= 0.6 is 11.6 Å². The number of benzene rings is 2. The van der Waals surface area contributed by atoms with Gasteiger partial charge in [-0.2, -0.15) is 0 Å². The van der Waals surface area contributed by atoms with Crippen molar-refractivity contribution in [3.8, 4) is 0 Å². The first-order chi connectivity index (χ1) is 16.4. The quantitative estimate of drug-likeness (QED) is 0.567. The van der Waals surface area contributed by atoms with Crippen molar-refractivity contribution in [1.82, 2.24) is 24.8 Å². The van der Waals surface area contributed by atoms with Crippen LogP contribution in [0.25, 0.3) is 0 Å². The molecule has 8 nitrogen and oxygen atoms in total. The summed E-state index contributed by atoms with van der Waals surface area (Å²) >= 11 is 5.95. The van der Waals surface area contributed by atoms with Gasteiger partial charge >= 0.3 is 0 Å². The van der Waals surface area contributed by atoms with E-state index in [4.69, 9.17) is 16.3 Å². The fraction of sp³-hybridized carbons (Fsp3) is 0.304. The van der Waals surface area contributed by atoms with E-state index in [-0.39, 0.29) is 56.1 Å². The number of nitrogens with zero attached hydrogens (tertiary/aromatic N) is 5. The third kappa shape index (κ3) is 4.26. The number of halogens is 3. The van der Waals surface area contributed by atoms with Crippen LogP contribution in [0, 0.1) is 11.6 Å². The zero-order valence-corrected chi connectivity index (χ0v) is 18.7. The van der Waals surface area contributed by atoms with E-state index in [1.807, 2.05) is 12.1 Å². The molecule has 0 N–H and O–H groups in total. The maximum atomic E-state index is 14.0. The third-order valence-corrected chi connectivity index (χ3v) is 6.31. The van der Waals surface area contributed by atoms with E-state index in [1.165, 1.54) is 4.90 Å². The Balaban J connectivity index is 1.23. The van der Waals surface area contributed by atoms with Gasteiger partial charge in [-0.1, -0.05) is 28.9 Å². The minimum Gasteiger partial charge on any atom is -0.365 e. The molecule has 2 aliphatic rings. The Labute approximate surface area is 198 Å². The minimum atomic E-state index is -0.780.